The smallest absolute Gasteiger partial charge is 0.343 e. The van der Waals surface area contributed by atoms with Gasteiger partial charge in [-0.3, -0.25) is 0 Å². The summed E-state index contributed by atoms with van der Waals surface area (Å²) in [4.78, 5) is 10.9. The lowest BCUT2D eigenvalue weighted by molar-refractivity contribution is -0.142. The van der Waals surface area contributed by atoms with E-state index in [-0.39, 0.29) is 6.61 Å². The minimum atomic E-state index is -0.416. The molecule has 0 aliphatic carbocycles. The van der Waals surface area contributed by atoms with Crippen LogP contribution >= 0.6 is 11.6 Å². The molecular weight excluding hydrogens is 230 g/mol. The first-order valence-corrected chi connectivity index (χ1v) is 5.13. The van der Waals surface area contributed by atoms with Crippen LogP contribution in [0.4, 0.5) is 5.69 Å². The van der Waals surface area contributed by atoms with Gasteiger partial charge in [0.2, 0.25) is 0 Å². The van der Waals surface area contributed by atoms with Crippen LogP contribution in [-0.4, -0.2) is 26.7 Å². The first-order chi connectivity index (χ1) is 7.58. The predicted octanol–water partition coefficient (Wildman–Crippen LogP) is 2.24. The van der Waals surface area contributed by atoms with E-state index in [4.69, 9.17) is 16.3 Å². The average molecular weight is 244 g/mol. The van der Waals surface area contributed by atoms with Crippen LogP contribution in [0.2, 0.25) is 5.02 Å². The van der Waals surface area contributed by atoms with E-state index in [9.17, 15) is 4.79 Å². The summed E-state index contributed by atoms with van der Waals surface area (Å²) < 4.78 is 9.80. The Balaban J connectivity index is 2.83. The second-order valence-electron chi connectivity index (χ2n) is 3.21. The molecule has 0 aromatic heterocycles. The summed E-state index contributed by atoms with van der Waals surface area (Å²) in [5, 5.41) is 3.55. The van der Waals surface area contributed by atoms with Crippen molar-refractivity contribution in [1.82, 2.24) is 0 Å². The van der Waals surface area contributed by atoms with Crippen molar-refractivity contribution in [2.75, 3.05) is 26.1 Å². The molecule has 1 aromatic carbocycles. The minimum absolute atomic E-state index is 0.109. The molecule has 0 amide bonds. The Morgan fingerprint density at radius 2 is 2.19 bits per heavy atom. The molecule has 16 heavy (non-hydrogen) atoms. The van der Waals surface area contributed by atoms with Gasteiger partial charge in [-0.25, -0.2) is 4.79 Å². The number of anilines is 1. The van der Waals surface area contributed by atoms with Gasteiger partial charge >= 0.3 is 5.97 Å². The summed E-state index contributed by atoms with van der Waals surface area (Å²) in [6, 6.07) is 3.53. The van der Waals surface area contributed by atoms with Gasteiger partial charge in [-0.2, -0.15) is 0 Å². The molecular formula is C11H14ClNO3. The standard InChI is InChI=1S/C11H14ClNO3/c1-7-4-8(12)9(13-2)5-10(7)16-6-11(14)15-3/h4-5,13H,6H2,1-3H3. The molecule has 0 saturated heterocycles. The number of benzene rings is 1. The highest BCUT2D eigenvalue weighted by molar-refractivity contribution is 6.33. The highest BCUT2D eigenvalue weighted by Crippen LogP contribution is 2.30. The van der Waals surface area contributed by atoms with Gasteiger partial charge in [0.05, 0.1) is 17.8 Å². The highest BCUT2D eigenvalue weighted by Gasteiger charge is 2.08. The maximum absolute atomic E-state index is 10.9. The first-order valence-electron chi connectivity index (χ1n) is 4.76. The van der Waals surface area contributed by atoms with Crippen molar-refractivity contribution in [3.8, 4) is 5.75 Å². The second kappa shape index (κ2) is 5.61. The van der Waals surface area contributed by atoms with Gasteiger partial charge in [0, 0.05) is 13.1 Å². The molecule has 0 aliphatic rings. The van der Waals surface area contributed by atoms with Gasteiger partial charge in [-0.05, 0) is 18.6 Å². The molecule has 0 atom stereocenters. The number of aryl methyl sites for hydroxylation is 1. The van der Waals surface area contributed by atoms with E-state index in [1.165, 1.54) is 7.11 Å². The Morgan fingerprint density at radius 3 is 2.75 bits per heavy atom. The number of carbonyl (C=O) groups excluding carboxylic acids is 1. The fourth-order valence-corrected chi connectivity index (χ4v) is 1.51. The van der Waals surface area contributed by atoms with Crippen LogP contribution in [0.3, 0.4) is 0 Å². The van der Waals surface area contributed by atoms with E-state index in [2.05, 4.69) is 10.1 Å². The van der Waals surface area contributed by atoms with Gasteiger partial charge in [0.15, 0.2) is 6.61 Å². The Kier molecular flexibility index (Phi) is 4.43. The molecule has 0 radical (unpaired) electrons. The molecule has 88 valence electrons. The van der Waals surface area contributed by atoms with Crippen LogP contribution in [-0.2, 0) is 9.53 Å². The summed E-state index contributed by atoms with van der Waals surface area (Å²) in [6.45, 7) is 1.75. The number of carbonyl (C=O) groups is 1. The van der Waals surface area contributed by atoms with E-state index < -0.39 is 5.97 Å². The van der Waals surface area contributed by atoms with Crippen molar-refractivity contribution < 1.29 is 14.3 Å². The summed E-state index contributed by atoms with van der Waals surface area (Å²) in [6.07, 6.45) is 0. The topological polar surface area (TPSA) is 47.6 Å². The van der Waals surface area contributed by atoms with Crippen molar-refractivity contribution in [2.24, 2.45) is 0 Å². The number of esters is 1. The molecule has 0 bridgehead atoms. The van der Waals surface area contributed by atoms with Gasteiger partial charge < -0.3 is 14.8 Å². The summed E-state index contributed by atoms with van der Waals surface area (Å²) >= 11 is 5.98. The third-order valence-corrected chi connectivity index (χ3v) is 2.42. The minimum Gasteiger partial charge on any atom is -0.482 e. The third kappa shape index (κ3) is 3.03. The number of ether oxygens (including phenoxy) is 2. The highest BCUT2D eigenvalue weighted by atomic mass is 35.5. The Bertz CT molecular complexity index is 393. The fraction of sp³-hybridized carbons (Fsp3) is 0.364. The fourth-order valence-electron chi connectivity index (χ4n) is 1.20. The van der Waals surface area contributed by atoms with Crippen molar-refractivity contribution in [2.45, 2.75) is 6.92 Å². The second-order valence-corrected chi connectivity index (χ2v) is 3.62. The molecule has 1 N–H and O–H groups in total. The normalized spacial score (nSPS) is 9.75. The van der Waals surface area contributed by atoms with Crippen LogP contribution in [0.25, 0.3) is 0 Å². The van der Waals surface area contributed by atoms with E-state index in [1.807, 2.05) is 6.92 Å². The van der Waals surface area contributed by atoms with Gasteiger partial charge in [-0.1, -0.05) is 11.6 Å². The zero-order valence-electron chi connectivity index (χ0n) is 9.46. The van der Waals surface area contributed by atoms with E-state index in [0.717, 1.165) is 11.3 Å². The van der Waals surface area contributed by atoms with Crippen LogP contribution < -0.4 is 10.1 Å². The number of hydrogen-bond donors (Lipinski definition) is 1. The van der Waals surface area contributed by atoms with Crippen LogP contribution in [0, 0.1) is 6.92 Å². The maximum Gasteiger partial charge on any atom is 0.343 e. The number of halogens is 1. The zero-order valence-corrected chi connectivity index (χ0v) is 10.2. The van der Waals surface area contributed by atoms with Crippen molar-refractivity contribution in [1.29, 1.82) is 0 Å². The lowest BCUT2D eigenvalue weighted by Crippen LogP contribution is -2.13. The van der Waals surface area contributed by atoms with E-state index in [0.29, 0.717) is 10.8 Å². The molecule has 0 unspecified atom stereocenters. The number of nitrogens with one attached hydrogen (secondary N) is 1. The number of rotatable bonds is 4. The van der Waals surface area contributed by atoms with Crippen LogP contribution in [0.1, 0.15) is 5.56 Å². The Morgan fingerprint density at radius 1 is 1.50 bits per heavy atom. The van der Waals surface area contributed by atoms with E-state index in [1.54, 1.807) is 19.2 Å². The lowest BCUT2D eigenvalue weighted by Gasteiger charge is -2.11. The van der Waals surface area contributed by atoms with Crippen molar-refractivity contribution in [3.05, 3.63) is 22.7 Å². The third-order valence-electron chi connectivity index (χ3n) is 2.11. The maximum atomic E-state index is 10.9. The molecule has 1 rings (SSSR count). The van der Waals surface area contributed by atoms with E-state index >= 15 is 0 Å². The molecule has 0 spiro atoms. The molecule has 0 fully saturated rings. The Hall–Kier alpha value is -1.42. The summed E-state index contributed by atoms with van der Waals surface area (Å²) in [5.74, 6) is 0.194. The van der Waals surface area contributed by atoms with Crippen LogP contribution in [0.5, 0.6) is 5.75 Å². The molecule has 5 heteroatoms. The van der Waals surface area contributed by atoms with Crippen molar-refractivity contribution in [3.63, 3.8) is 0 Å². The molecule has 0 aliphatic heterocycles. The lowest BCUT2D eigenvalue weighted by atomic mass is 10.2. The average Bonchev–Trinajstić information content (AvgIpc) is 2.27. The SMILES string of the molecule is CNc1cc(OCC(=O)OC)c(C)cc1Cl. The van der Waals surface area contributed by atoms with Gasteiger partial charge in [0.1, 0.15) is 5.75 Å². The van der Waals surface area contributed by atoms with Crippen molar-refractivity contribution >= 4 is 23.3 Å². The van der Waals surface area contributed by atoms with Gasteiger partial charge in [0.25, 0.3) is 0 Å². The predicted molar refractivity (Wildman–Crippen MR) is 63.2 cm³/mol. The number of methoxy groups -OCH3 is 1. The molecule has 4 nitrogen and oxygen atoms in total. The first kappa shape index (κ1) is 12.6. The quantitative estimate of drug-likeness (QED) is 0.824. The van der Waals surface area contributed by atoms with Crippen LogP contribution in [0.15, 0.2) is 12.1 Å². The summed E-state index contributed by atoms with van der Waals surface area (Å²) in [5.41, 5.74) is 1.63. The number of hydrogen-bond acceptors (Lipinski definition) is 4. The Labute approximate surface area is 99.5 Å². The largest absolute Gasteiger partial charge is 0.482 e. The zero-order chi connectivity index (χ0) is 12.1. The molecule has 1 aromatic rings. The van der Waals surface area contributed by atoms with Gasteiger partial charge in [-0.15, -0.1) is 0 Å². The molecule has 0 heterocycles. The summed E-state index contributed by atoms with van der Waals surface area (Å²) in [7, 11) is 3.08. The monoisotopic (exact) mass is 243 g/mol. The molecule has 0 saturated carbocycles.